The van der Waals surface area contributed by atoms with Crippen molar-refractivity contribution >= 4 is 11.9 Å². The average Bonchev–Trinajstić information content (AvgIpc) is 3.28. The van der Waals surface area contributed by atoms with Crippen LogP contribution in [-0.2, 0) is 24.2 Å². The van der Waals surface area contributed by atoms with Gasteiger partial charge in [0, 0.05) is 32.6 Å². The summed E-state index contributed by atoms with van der Waals surface area (Å²) in [6.07, 6.45) is 3.46. The molecule has 1 N–H and O–H groups in total. The van der Waals surface area contributed by atoms with Gasteiger partial charge in [0.25, 0.3) is 0 Å². The van der Waals surface area contributed by atoms with Crippen molar-refractivity contribution in [1.82, 2.24) is 15.1 Å². The van der Waals surface area contributed by atoms with Crippen LogP contribution in [0.5, 0.6) is 0 Å². The molecule has 3 amide bonds. The Morgan fingerprint density at radius 3 is 2.29 bits per heavy atom. The third-order valence-corrected chi connectivity index (χ3v) is 5.71. The van der Waals surface area contributed by atoms with Crippen LogP contribution in [0.4, 0.5) is 4.79 Å². The zero-order valence-electron chi connectivity index (χ0n) is 16.1. The topological polar surface area (TPSA) is 52.7 Å². The van der Waals surface area contributed by atoms with Crippen LogP contribution in [0.3, 0.4) is 0 Å². The van der Waals surface area contributed by atoms with Crippen molar-refractivity contribution in [2.75, 3.05) is 19.6 Å². The Labute approximate surface area is 166 Å². The fraction of sp³-hybridized carbons (Fsp3) is 0.391. The third kappa shape index (κ3) is 4.19. The second kappa shape index (κ2) is 8.46. The van der Waals surface area contributed by atoms with Gasteiger partial charge in [0.05, 0.1) is 0 Å². The minimum atomic E-state index is -0.523. The first-order chi connectivity index (χ1) is 13.7. The van der Waals surface area contributed by atoms with Gasteiger partial charge in [-0.1, -0.05) is 54.6 Å². The van der Waals surface area contributed by atoms with E-state index in [9.17, 15) is 9.59 Å². The lowest BCUT2D eigenvalue weighted by Crippen LogP contribution is -2.53. The summed E-state index contributed by atoms with van der Waals surface area (Å²) < 4.78 is 0. The standard InChI is InChI=1S/C23H27N3O2/c27-22(25-13-6-7-14-25)21(16-18-8-2-1-3-9-18)24-23(28)26-15-12-19-10-4-5-11-20(19)17-26/h1-5,8-11,21H,6-7,12-17H2,(H,24,28)/t21-/m0/s1. The highest BCUT2D eigenvalue weighted by Crippen LogP contribution is 2.19. The van der Waals surface area contributed by atoms with Crippen LogP contribution in [0.25, 0.3) is 0 Å². The first-order valence-corrected chi connectivity index (χ1v) is 10.2. The van der Waals surface area contributed by atoms with Crippen molar-refractivity contribution in [1.29, 1.82) is 0 Å². The number of nitrogens with zero attached hydrogens (tertiary/aromatic N) is 2. The molecule has 0 saturated carbocycles. The molecule has 1 fully saturated rings. The van der Waals surface area contributed by atoms with E-state index in [0.29, 0.717) is 19.5 Å². The number of carbonyl (C=O) groups is 2. The molecule has 2 aromatic rings. The number of hydrogen-bond donors (Lipinski definition) is 1. The van der Waals surface area contributed by atoms with Gasteiger partial charge in [-0.2, -0.15) is 0 Å². The largest absolute Gasteiger partial charge is 0.341 e. The van der Waals surface area contributed by atoms with Crippen LogP contribution in [0.15, 0.2) is 54.6 Å². The first-order valence-electron chi connectivity index (χ1n) is 10.2. The fourth-order valence-corrected chi connectivity index (χ4v) is 4.12. The number of amides is 3. The summed E-state index contributed by atoms with van der Waals surface area (Å²) in [5.74, 6) is 0.0344. The van der Waals surface area contributed by atoms with Gasteiger partial charge in [-0.15, -0.1) is 0 Å². The normalized spacial score (nSPS) is 17.1. The number of benzene rings is 2. The number of nitrogens with one attached hydrogen (secondary N) is 1. The van der Waals surface area contributed by atoms with Gasteiger partial charge in [-0.25, -0.2) is 4.79 Å². The maximum Gasteiger partial charge on any atom is 0.318 e. The van der Waals surface area contributed by atoms with Gasteiger partial charge in [0.15, 0.2) is 0 Å². The van der Waals surface area contributed by atoms with E-state index in [0.717, 1.165) is 37.9 Å². The monoisotopic (exact) mass is 377 g/mol. The predicted octanol–water partition coefficient (Wildman–Crippen LogP) is 2.99. The summed E-state index contributed by atoms with van der Waals surface area (Å²) >= 11 is 0. The number of fused-ring (bicyclic) bond motifs is 1. The van der Waals surface area contributed by atoms with E-state index in [1.807, 2.05) is 52.3 Å². The van der Waals surface area contributed by atoms with Crippen LogP contribution in [-0.4, -0.2) is 47.4 Å². The van der Waals surface area contributed by atoms with Gasteiger partial charge in [-0.05, 0) is 36.0 Å². The molecule has 146 valence electrons. The number of carbonyl (C=O) groups excluding carboxylic acids is 2. The molecule has 1 atom stereocenters. The van der Waals surface area contributed by atoms with E-state index in [4.69, 9.17) is 0 Å². The molecule has 0 unspecified atom stereocenters. The summed E-state index contributed by atoms with van der Waals surface area (Å²) in [6, 6.07) is 17.5. The molecule has 5 nitrogen and oxygen atoms in total. The van der Waals surface area contributed by atoms with Crippen molar-refractivity contribution in [3.8, 4) is 0 Å². The summed E-state index contributed by atoms with van der Waals surface area (Å²) in [5.41, 5.74) is 3.55. The summed E-state index contributed by atoms with van der Waals surface area (Å²) in [4.78, 5) is 29.7. The number of rotatable bonds is 4. The summed E-state index contributed by atoms with van der Waals surface area (Å²) in [6.45, 7) is 2.85. The van der Waals surface area contributed by atoms with Gasteiger partial charge in [0.2, 0.25) is 5.91 Å². The molecule has 4 rings (SSSR count). The van der Waals surface area contributed by atoms with Crippen molar-refractivity contribution in [2.24, 2.45) is 0 Å². The lowest BCUT2D eigenvalue weighted by molar-refractivity contribution is -0.132. The minimum absolute atomic E-state index is 0.0344. The molecule has 2 heterocycles. The highest BCUT2D eigenvalue weighted by molar-refractivity contribution is 5.87. The number of hydrogen-bond acceptors (Lipinski definition) is 2. The van der Waals surface area contributed by atoms with E-state index in [1.165, 1.54) is 11.1 Å². The average molecular weight is 377 g/mol. The number of likely N-dealkylation sites (tertiary alicyclic amines) is 1. The van der Waals surface area contributed by atoms with E-state index in [-0.39, 0.29) is 11.9 Å². The van der Waals surface area contributed by atoms with Crippen LogP contribution in [0.1, 0.15) is 29.5 Å². The molecule has 2 aromatic carbocycles. The molecular weight excluding hydrogens is 350 g/mol. The minimum Gasteiger partial charge on any atom is -0.341 e. The van der Waals surface area contributed by atoms with Gasteiger partial charge in [-0.3, -0.25) is 4.79 Å². The Bertz CT molecular complexity index is 831. The van der Waals surface area contributed by atoms with Crippen LogP contribution in [0, 0.1) is 0 Å². The smallest absolute Gasteiger partial charge is 0.318 e. The van der Waals surface area contributed by atoms with Crippen molar-refractivity contribution < 1.29 is 9.59 Å². The Kier molecular flexibility index (Phi) is 5.60. The second-order valence-electron chi connectivity index (χ2n) is 7.66. The summed E-state index contributed by atoms with van der Waals surface area (Å²) in [5, 5.41) is 3.04. The van der Waals surface area contributed by atoms with Crippen LogP contribution in [0.2, 0.25) is 0 Å². The molecule has 2 aliphatic rings. The maximum absolute atomic E-state index is 13.1. The molecule has 0 aliphatic carbocycles. The van der Waals surface area contributed by atoms with E-state index in [1.54, 1.807) is 0 Å². The Morgan fingerprint density at radius 2 is 1.54 bits per heavy atom. The van der Waals surface area contributed by atoms with Crippen molar-refractivity contribution in [2.45, 2.75) is 38.3 Å². The molecule has 0 radical (unpaired) electrons. The SMILES string of the molecule is O=C(N[C@@H](Cc1ccccc1)C(=O)N1CCCC1)N1CCc2ccccc2C1. The molecule has 0 spiro atoms. The predicted molar refractivity (Wildman–Crippen MR) is 109 cm³/mol. The second-order valence-corrected chi connectivity index (χ2v) is 7.66. The van der Waals surface area contributed by atoms with Gasteiger partial charge < -0.3 is 15.1 Å². The molecule has 5 heteroatoms. The lowest BCUT2D eigenvalue weighted by atomic mass is 10.00. The van der Waals surface area contributed by atoms with Gasteiger partial charge in [0.1, 0.15) is 6.04 Å². The molecule has 2 aliphatic heterocycles. The molecule has 0 bridgehead atoms. The zero-order valence-corrected chi connectivity index (χ0v) is 16.1. The molecule has 1 saturated heterocycles. The van der Waals surface area contributed by atoms with E-state index >= 15 is 0 Å². The number of urea groups is 1. The Hall–Kier alpha value is -2.82. The van der Waals surface area contributed by atoms with Crippen molar-refractivity contribution in [3.63, 3.8) is 0 Å². The Morgan fingerprint density at radius 1 is 0.857 bits per heavy atom. The highest BCUT2D eigenvalue weighted by atomic mass is 16.2. The first kappa shape index (κ1) is 18.5. The molecular formula is C23H27N3O2. The zero-order chi connectivity index (χ0) is 19.3. The molecule has 28 heavy (non-hydrogen) atoms. The van der Waals surface area contributed by atoms with E-state index in [2.05, 4.69) is 17.4 Å². The Balaban J connectivity index is 1.47. The molecule has 0 aromatic heterocycles. The quantitative estimate of drug-likeness (QED) is 0.891. The highest BCUT2D eigenvalue weighted by Gasteiger charge is 2.30. The van der Waals surface area contributed by atoms with Crippen LogP contribution < -0.4 is 5.32 Å². The van der Waals surface area contributed by atoms with Crippen molar-refractivity contribution in [3.05, 3.63) is 71.3 Å². The van der Waals surface area contributed by atoms with Crippen LogP contribution >= 0.6 is 0 Å². The fourth-order valence-electron chi connectivity index (χ4n) is 4.12. The third-order valence-electron chi connectivity index (χ3n) is 5.71. The van der Waals surface area contributed by atoms with E-state index < -0.39 is 6.04 Å². The van der Waals surface area contributed by atoms with Gasteiger partial charge >= 0.3 is 6.03 Å². The summed E-state index contributed by atoms with van der Waals surface area (Å²) in [7, 11) is 0. The lowest BCUT2D eigenvalue weighted by Gasteiger charge is -2.31. The maximum atomic E-state index is 13.1.